The number of ether oxygens (including phenoxy) is 5. The summed E-state index contributed by atoms with van der Waals surface area (Å²) in [4.78, 5) is 23.9. The molecular formula is C43H44N2O11S. The predicted octanol–water partition coefficient (Wildman–Crippen LogP) is 6.41. The first kappa shape index (κ1) is 41.3. The highest BCUT2D eigenvalue weighted by molar-refractivity contribution is 7.89. The van der Waals surface area contributed by atoms with Crippen LogP contribution in [0.25, 0.3) is 0 Å². The van der Waals surface area contributed by atoms with Gasteiger partial charge in [-0.15, -0.1) is 0 Å². The lowest BCUT2D eigenvalue weighted by atomic mass is 9.96. The van der Waals surface area contributed by atoms with Crippen LogP contribution >= 0.6 is 0 Å². The van der Waals surface area contributed by atoms with Crippen molar-refractivity contribution in [2.75, 3.05) is 13.7 Å². The number of carboxylic acid groups (broad SMARTS) is 1. The zero-order valence-electron chi connectivity index (χ0n) is 31.2. The molecule has 1 fully saturated rings. The van der Waals surface area contributed by atoms with Crippen LogP contribution in [0.3, 0.4) is 0 Å². The number of sulfonamides is 1. The minimum atomic E-state index is -4.93. The van der Waals surface area contributed by atoms with Crippen LogP contribution in [0.1, 0.15) is 22.3 Å². The molecule has 0 saturated carbocycles. The monoisotopic (exact) mass is 796 g/mol. The fourth-order valence-electron chi connectivity index (χ4n) is 6.75. The van der Waals surface area contributed by atoms with Crippen LogP contribution in [-0.4, -0.2) is 79.1 Å². The fraction of sp³-hybridized carbons (Fsp3) is 0.279. The Kier molecular flexibility index (Phi) is 14.3. The van der Waals surface area contributed by atoms with E-state index in [1.165, 1.54) is 19.2 Å². The van der Waals surface area contributed by atoms with Gasteiger partial charge in [0.15, 0.2) is 11.2 Å². The molecule has 0 aromatic heterocycles. The van der Waals surface area contributed by atoms with Gasteiger partial charge in [0.25, 0.3) is 15.7 Å². The topological polar surface area (TPSA) is 164 Å². The standard InChI is InChI=1S/C43H44N2O11S/c1-52-43-41(55-30-34-22-12-5-13-23-34)40(54-29-33-20-10-4-11-21-33)39(53-28-32-18-8-3-9-19-32)37(56-43)27-44(36(42(46)47)26-31-16-6-2-7-17-31)57(50,51)38-25-15-14-24-35(38)45(48)49/h2-25,36-37,39-41,43H,26-30H2,1H3,(H,46,47)/t36-,37+,39+,40-,41+,43-/m0/s1. The summed E-state index contributed by atoms with van der Waals surface area (Å²) in [6, 6.07) is 39.8. The SMILES string of the molecule is CO[C@H]1O[C@H](CN([C@@H](Cc2ccccc2)C(=O)O)S(=O)(=O)c2ccccc2[N+](=O)[O-])[C@@H](OCc2ccccc2)[C@H](OCc2ccccc2)[C@H]1OCc1ccccc1. The third kappa shape index (κ3) is 10.6. The summed E-state index contributed by atoms with van der Waals surface area (Å²) < 4.78 is 62.5. The van der Waals surface area contributed by atoms with E-state index in [1.54, 1.807) is 30.3 Å². The van der Waals surface area contributed by atoms with Gasteiger partial charge in [-0.3, -0.25) is 14.9 Å². The number of carboxylic acids is 1. The quantitative estimate of drug-likeness (QED) is 0.0726. The van der Waals surface area contributed by atoms with Gasteiger partial charge < -0.3 is 28.8 Å². The van der Waals surface area contributed by atoms with E-state index in [1.807, 2.05) is 91.0 Å². The molecule has 1 aliphatic rings. The molecule has 0 aliphatic carbocycles. The first-order valence-corrected chi connectivity index (χ1v) is 19.8. The summed E-state index contributed by atoms with van der Waals surface area (Å²) in [5.74, 6) is -1.47. The second-order valence-electron chi connectivity index (χ2n) is 13.4. The molecular weight excluding hydrogens is 753 g/mol. The van der Waals surface area contributed by atoms with E-state index >= 15 is 0 Å². The van der Waals surface area contributed by atoms with Crippen molar-refractivity contribution in [3.8, 4) is 0 Å². The lowest BCUT2D eigenvalue weighted by Gasteiger charge is -2.47. The third-order valence-corrected chi connectivity index (χ3v) is 11.5. The normalized spacial score (nSPS) is 20.2. The van der Waals surface area contributed by atoms with Gasteiger partial charge in [-0.1, -0.05) is 133 Å². The van der Waals surface area contributed by atoms with Crippen molar-refractivity contribution in [3.05, 3.63) is 178 Å². The molecule has 14 heteroatoms. The van der Waals surface area contributed by atoms with Gasteiger partial charge in [-0.25, -0.2) is 8.42 Å². The van der Waals surface area contributed by atoms with Gasteiger partial charge in [0.2, 0.25) is 0 Å². The van der Waals surface area contributed by atoms with Crippen molar-refractivity contribution in [2.24, 2.45) is 0 Å². The average molecular weight is 797 g/mol. The van der Waals surface area contributed by atoms with Crippen molar-refractivity contribution >= 4 is 21.7 Å². The molecule has 0 bridgehead atoms. The van der Waals surface area contributed by atoms with Crippen LogP contribution in [0, 0.1) is 10.1 Å². The molecule has 0 unspecified atom stereocenters. The van der Waals surface area contributed by atoms with Crippen LogP contribution in [-0.2, 0) is 64.7 Å². The zero-order valence-corrected chi connectivity index (χ0v) is 32.0. The minimum Gasteiger partial charge on any atom is -0.480 e. The van der Waals surface area contributed by atoms with E-state index in [9.17, 15) is 28.4 Å². The first-order valence-electron chi connectivity index (χ1n) is 18.3. The number of aliphatic carboxylic acids is 1. The number of hydrogen-bond acceptors (Lipinski definition) is 10. The Labute approximate surface area is 331 Å². The Hall–Kier alpha value is -5.32. The molecule has 5 aromatic carbocycles. The number of benzene rings is 5. The van der Waals surface area contributed by atoms with Crippen molar-refractivity contribution in [1.82, 2.24) is 4.31 Å². The molecule has 0 spiro atoms. The van der Waals surface area contributed by atoms with E-state index in [0.29, 0.717) is 5.56 Å². The second-order valence-corrected chi connectivity index (χ2v) is 15.3. The molecule has 57 heavy (non-hydrogen) atoms. The molecule has 1 aliphatic heterocycles. The van der Waals surface area contributed by atoms with Crippen LogP contribution < -0.4 is 0 Å². The molecule has 0 amide bonds. The lowest BCUT2D eigenvalue weighted by Crippen LogP contribution is -2.64. The summed E-state index contributed by atoms with van der Waals surface area (Å²) >= 11 is 0. The molecule has 298 valence electrons. The smallest absolute Gasteiger partial charge is 0.322 e. The lowest BCUT2D eigenvalue weighted by molar-refractivity contribution is -0.387. The molecule has 1 N–H and O–H groups in total. The summed E-state index contributed by atoms with van der Waals surface area (Å²) in [6.45, 7) is -0.321. The third-order valence-electron chi connectivity index (χ3n) is 9.59. The van der Waals surface area contributed by atoms with Crippen LogP contribution in [0.4, 0.5) is 5.69 Å². The van der Waals surface area contributed by atoms with Crippen LogP contribution in [0.15, 0.2) is 150 Å². The van der Waals surface area contributed by atoms with E-state index < -0.39 is 74.8 Å². The minimum absolute atomic E-state index is 0.0445. The number of nitro benzene ring substituents is 1. The largest absolute Gasteiger partial charge is 0.480 e. The summed E-state index contributed by atoms with van der Waals surface area (Å²) in [5, 5.41) is 22.9. The number of carbonyl (C=O) groups is 1. The molecule has 5 aromatic rings. The highest BCUT2D eigenvalue weighted by atomic mass is 32.2. The number of hydrogen-bond donors (Lipinski definition) is 1. The Bertz CT molecular complexity index is 2150. The van der Waals surface area contributed by atoms with Crippen LogP contribution in [0.5, 0.6) is 0 Å². The molecule has 13 nitrogen and oxygen atoms in total. The van der Waals surface area contributed by atoms with E-state index in [4.69, 9.17) is 23.7 Å². The van der Waals surface area contributed by atoms with Crippen molar-refractivity contribution in [3.63, 3.8) is 0 Å². The summed E-state index contributed by atoms with van der Waals surface area (Å²) in [5.41, 5.74) is 2.33. The molecule has 6 rings (SSSR count). The van der Waals surface area contributed by atoms with Crippen molar-refractivity contribution in [2.45, 2.75) is 67.9 Å². The Morgan fingerprint density at radius 2 is 1.14 bits per heavy atom. The molecule has 1 heterocycles. The first-order chi connectivity index (χ1) is 27.7. The maximum atomic E-state index is 14.8. The number of nitrogens with zero attached hydrogens (tertiary/aromatic N) is 2. The highest BCUT2D eigenvalue weighted by Crippen LogP contribution is 2.35. The van der Waals surface area contributed by atoms with Gasteiger partial charge >= 0.3 is 5.97 Å². The van der Waals surface area contributed by atoms with Gasteiger partial charge in [0, 0.05) is 19.7 Å². The Balaban J connectivity index is 1.45. The average Bonchev–Trinajstić information content (AvgIpc) is 3.24. The summed E-state index contributed by atoms with van der Waals surface area (Å²) in [7, 11) is -3.51. The molecule has 1 saturated heterocycles. The van der Waals surface area contributed by atoms with E-state index in [-0.39, 0.29) is 26.2 Å². The number of nitro groups is 1. The Morgan fingerprint density at radius 1 is 0.702 bits per heavy atom. The van der Waals surface area contributed by atoms with E-state index in [0.717, 1.165) is 33.1 Å². The molecule has 6 atom stereocenters. The maximum absolute atomic E-state index is 14.8. The van der Waals surface area contributed by atoms with Gasteiger partial charge in [0.1, 0.15) is 30.5 Å². The van der Waals surface area contributed by atoms with E-state index in [2.05, 4.69) is 0 Å². The predicted molar refractivity (Wildman–Crippen MR) is 209 cm³/mol. The van der Waals surface area contributed by atoms with Gasteiger partial charge in [-0.05, 0) is 34.7 Å². The van der Waals surface area contributed by atoms with Crippen molar-refractivity contribution < 1.29 is 46.9 Å². The fourth-order valence-corrected chi connectivity index (χ4v) is 8.51. The second kappa shape index (κ2) is 19.7. The highest BCUT2D eigenvalue weighted by Gasteiger charge is 2.51. The number of methoxy groups -OCH3 is 1. The van der Waals surface area contributed by atoms with Gasteiger partial charge in [0.05, 0.1) is 24.7 Å². The maximum Gasteiger partial charge on any atom is 0.322 e. The number of rotatable bonds is 19. The zero-order chi connectivity index (χ0) is 40.2. The molecule has 0 radical (unpaired) electrons. The van der Waals surface area contributed by atoms with Crippen LogP contribution in [0.2, 0.25) is 0 Å². The van der Waals surface area contributed by atoms with Gasteiger partial charge in [-0.2, -0.15) is 4.31 Å². The number of para-hydroxylation sites is 1. The van der Waals surface area contributed by atoms with Crippen molar-refractivity contribution in [1.29, 1.82) is 0 Å². The summed E-state index contributed by atoms with van der Waals surface area (Å²) in [6.07, 6.45) is -5.63. The Morgan fingerprint density at radius 3 is 1.61 bits per heavy atom.